The maximum atomic E-state index is 10.9. The minimum Gasteiger partial charge on any atom is -0.545 e. The summed E-state index contributed by atoms with van der Waals surface area (Å²) in [5, 5.41) is 10.9. The summed E-state index contributed by atoms with van der Waals surface area (Å²) in [6.45, 7) is 1.19. The number of quaternary nitrogens is 1. The molecular formula is C12H17NO4. The van der Waals surface area contributed by atoms with Crippen molar-refractivity contribution in [2.75, 3.05) is 34.4 Å². The molecule has 1 aromatic carbocycles. The van der Waals surface area contributed by atoms with Gasteiger partial charge in [-0.25, -0.2) is 0 Å². The molecule has 17 heavy (non-hydrogen) atoms. The van der Waals surface area contributed by atoms with Crippen LogP contribution in [0.25, 0.3) is 0 Å². The number of carboxylic acids is 1. The molecule has 94 valence electrons. The minimum atomic E-state index is -1.27. The molecule has 0 aliphatic carbocycles. The van der Waals surface area contributed by atoms with Crippen molar-refractivity contribution in [1.82, 2.24) is 0 Å². The van der Waals surface area contributed by atoms with Crippen LogP contribution >= 0.6 is 0 Å². The highest BCUT2D eigenvalue weighted by Gasteiger charge is 2.11. The number of para-hydroxylation sites is 1. The van der Waals surface area contributed by atoms with Gasteiger partial charge in [0.05, 0.1) is 27.2 Å². The van der Waals surface area contributed by atoms with Gasteiger partial charge in [-0.3, -0.25) is 0 Å². The number of carbonyl (C=O) groups is 1. The zero-order chi connectivity index (χ0) is 12.8. The quantitative estimate of drug-likeness (QED) is 0.662. The average Bonchev–Trinajstić information content (AvgIpc) is 2.28. The number of methoxy groups -OCH3 is 1. The standard InChI is InChI=1S/C12H17NO4/c1-13(2)7-8-17-11-9(12(14)15)5-4-6-10(11)16-3/h4-6H,7-8H2,1-3H3,(H,14,15). The highest BCUT2D eigenvalue weighted by atomic mass is 16.5. The molecule has 0 aromatic heterocycles. The number of carbonyl (C=O) groups excluding carboxylic acids is 1. The summed E-state index contributed by atoms with van der Waals surface area (Å²) in [4.78, 5) is 12.2. The molecule has 0 heterocycles. The Labute approximate surface area is 101 Å². The lowest BCUT2D eigenvalue weighted by atomic mass is 10.2. The van der Waals surface area contributed by atoms with E-state index in [1.807, 2.05) is 14.1 Å². The molecule has 0 aliphatic rings. The Bertz CT molecular complexity index is 390. The van der Waals surface area contributed by atoms with Crippen molar-refractivity contribution in [2.45, 2.75) is 0 Å². The first kappa shape index (κ1) is 13.3. The van der Waals surface area contributed by atoms with Crippen LogP contribution in [0.1, 0.15) is 10.4 Å². The first-order valence-corrected chi connectivity index (χ1v) is 5.36. The van der Waals surface area contributed by atoms with E-state index in [1.165, 1.54) is 18.1 Å². The Balaban J connectivity index is 2.89. The Morgan fingerprint density at radius 3 is 2.65 bits per heavy atom. The molecule has 1 N–H and O–H groups in total. The Morgan fingerprint density at radius 1 is 1.41 bits per heavy atom. The third-order valence-electron chi connectivity index (χ3n) is 2.27. The molecule has 0 amide bonds. The monoisotopic (exact) mass is 239 g/mol. The van der Waals surface area contributed by atoms with Crippen molar-refractivity contribution < 1.29 is 24.3 Å². The third kappa shape index (κ3) is 3.64. The van der Waals surface area contributed by atoms with Gasteiger partial charge in [-0.15, -0.1) is 0 Å². The van der Waals surface area contributed by atoms with Gasteiger partial charge in [-0.2, -0.15) is 0 Å². The number of aromatic carboxylic acids is 1. The van der Waals surface area contributed by atoms with Crippen LogP contribution in [0.15, 0.2) is 18.2 Å². The predicted molar refractivity (Wildman–Crippen MR) is 60.5 cm³/mol. The Hall–Kier alpha value is -1.75. The van der Waals surface area contributed by atoms with E-state index in [2.05, 4.69) is 0 Å². The van der Waals surface area contributed by atoms with Crippen molar-refractivity contribution in [3.63, 3.8) is 0 Å². The number of likely N-dealkylation sites (N-methyl/N-ethyl adjacent to an activating group) is 1. The number of nitrogens with one attached hydrogen (secondary N) is 1. The molecule has 0 atom stereocenters. The van der Waals surface area contributed by atoms with Crippen LogP contribution < -0.4 is 19.5 Å². The second-order valence-corrected chi connectivity index (χ2v) is 3.93. The maximum Gasteiger partial charge on any atom is 0.170 e. The fourth-order valence-electron chi connectivity index (χ4n) is 1.34. The summed E-state index contributed by atoms with van der Waals surface area (Å²) in [7, 11) is 5.45. The fourth-order valence-corrected chi connectivity index (χ4v) is 1.34. The molecule has 1 aromatic rings. The summed E-state index contributed by atoms with van der Waals surface area (Å²) < 4.78 is 10.5. The van der Waals surface area contributed by atoms with E-state index in [0.717, 1.165) is 6.54 Å². The number of ether oxygens (including phenoxy) is 2. The predicted octanol–water partition coefficient (Wildman–Crippen LogP) is -1.42. The third-order valence-corrected chi connectivity index (χ3v) is 2.27. The first-order valence-electron chi connectivity index (χ1n) is 5.36. The molecule has 0 saturated heterocycles. The van der Waals surface area contributed by atoms with Gasteiger partial charge in [0, 0.05) is 5.56 Å². The van der Waals surface area contributed by atoms with E-state index in [-0.39, 0.29) is 11.3 Å². The van der Waals surface area contributed by atoms with Crippen molar-refractivity contribution >= 4 is 5.97 Å². The summed E-state index contributed by atoms with van der Waals surface area (Å²) in [5.41, 5.74) is 0.0121. The van der Waals surface area contributed by atoms with Gasteiger partial charge >= 0.3 is 0 Å². The Kier molecular flexibility index (Phi) is 4.78. The molecule has 0 fully saturated rings. The van der Waals surface area contributed by atoms with Gasteiger partial charge in [0.25, 0.3) is 0 Å². The highest BCUT2D eigenvalue weighted by molar-refractivity contribution is 5.90. The summed E-state index contributed by atoms with van der Waals surface area (Å²) in [6, 6.07) is 4.69. The van der Waals surface area contributed by atoms with E-state index in [1.54, 1.807) is 12.1 Å². The van der Waals surface area contributed by atoms with Crippen molar-refractivity contribution in [3.8, 4) is 11.5 Å². The second kappa shape index (κ2) is 6.10. The molecule has 1 rings (SSSR count). The first-order chi connectivity index (χ1) is 8.06. The molecule has 0 radical (unpaired) electrons. The van der Waals surface area contributed by atoms with Crippen molar-refractivity contribution in [2.24, 2.45) is 0 Å². The lowest BCUT2D eigenvalue weighted by Gasteiger charge is -2.16. The summed E-state index contributed by atoms with van der Waals surface area (Å²) >= 11 is 0. The van der Waals surface area contributed by atoms with E-state index in [0.29, 0.717) is 12.4 Å². The lowest BCUT2D eigenvalue weighted by molar-refractivity contribution is -0.858. The zero-order valence-electron chi connectivity index (χ0n) is 10.3. The molecule has 0 saturated carbocycles. The zero-order valence-corrected chi connectivity index (χ0v) is 10.3. The van der Waals surface area contributed by atoms with E-state index in [4.69, 9.17) is 9.47 Å². The minimum absolute atomic E-state index is 0.0121. The number of carboxylic acid groups (broad SMARTS) is 1. The number of benzene rings is 1. The summed E-state index contributed by atoms with van der Waals surface area (Å²) in [6.07, 6.45) is 0. The molecule has 5 nitrogen and oxygen atoms in total. The van der Waals surface area contributed by atoms with Crippen LogP contribution in [0.2, 0.25) is 0 Å². The number of rotatable bonds is 6. The summed E-state index contributed by atoms with van der Waals surface area (Å²) in [5.74, 6) is -0.632. The van der Waals surface area contributed by atoms with E-state index in [9.17, 15) is 9.90 Å². The smallest absolute Gasteiger partial charge is 0.170 e. The average molecular weight is 239 g/mol. The molecule has 0 aliphatic heterocycles. The Morgan fingerprint density at radius 2 is 2.12 bits per heavy atom. The van der Waals surface area contributed by atoms with Crippen molar-refractivity contribution in [3.05, 3.63) is 23.8 Å². The highest BCUT2D eigenvalue weighted by Crippen LogP contribution is 2.30. The van der Waals surface area contributed by atoms with Crippen LogP contribution in [0.5, 0.6) is 11.5 Å². The molecular weight excluding hydrogens is 222 g/mol. The van der Waals surface area contributed by atoms with Crippen molar-refractivity contribution in [1.29, 1.82) is 0 Å². The van der Waals surface area contributed by atoms with Crippen LogP contribution in [-0.2, 0) is 0 Å². The topological polar surface area (TPSA) is 63.0 Å². The second-order valence-electron chi connectivity index (χ2n) is 3.93. The van der Waals surface area contributed by atoms with Crippen LogP contribution in [0, 0.1) is 0 Å². The largest absolute Gasteiger partial charge is 0.545 e. The fraction of sp³-hybridized carbons (Fsp3) is 0.417. The number of hydrogen-bond donors (Lipinski definition) is 1. The lowest BCUT2D eigenvalue weighted by Crippen LogP contribution is -3.06. The van der Waals surface area contributed by atoms with E-state index >= 15 is 0 Å². The van der Waals surface area contributed by atoms with Gasteiger partial charge in [0.1, 0.15) is 13.2 Å². The molecule has 0 spiro atoms. The van der Waals surface area contributed by atoms with Gasteiger partial charge in [-0.05, 0) is 12.1 Å². The number of hydrogen-bond acceptors (Lipinski definition) is 4. The van der Waals surface area contributed by atoms with Gasteiger partial charge in [0.15, 0.2) is 11.5 Å². The molecule has 5 heteroatoms. The van der Waals surface area contributed by atoms with Gasteiger partial charge in [0.2, 0.25) is 0 Å². The maximum absolute atomic E-state index is 10.9. The van der Waals surface area contributed by atoms with Crippen LogP contribution in [0.3, 0.4) is 0 Å². The molecule has 0 unspecified atom stereocenters. The SMILES string of the molecule is COc1cccc(C(=O)[O-])c1OCC[NH+](C)C. The van der Waals surface area contributed by atoms with Gasteiger partial charge in [-0.1, -0.05) is 6.07 Å². The van der Waals surface area contributed by atoms with Gasteiger partial charge < -0.3 is 24.3 Å². The normalized spacial score (nSPS) is 10.4. The van der Waals surface area contributed by atoms with Crippen LogP contribution in [0.4, 0.5) is 0 Å². The van der Waals surface area contributed by atoms with Crippen LogP contribution in [-0.4, -0.2) is 40.3 Å². The van der Waals surface area contributed by atoms with E-state index < -0.39 is 5.97 Å². The molecule has 0 bridgehead atoms.